The number of hydrogen-bond acceptors (Lipinski definition) is 5. The van der Waals surface area contributed by atoms with Crippen molar-refractivity contribution in [2.45, 2.75) is 6.54 Å². The normalized spacial score (nSPS) is 10.1. The fraction of sp³-hybridized carbons (Fsp3) is 0.0909. The van der Waals surface area contributed by atoms with Gasteiger partial charge in [-0.15, -0.1) is 11.3 Å². The van der Waals surface area contributed by atoms with Crippen molar-refractivity contribution < 1.29 is 15.0 Å². The Hall–Kier alpha value is -2.08. The zero-order chi connectivity index (χ0) is 12.3. The maximum Gasteiger partial charge on any atom is 0.255 e. The van der Waals surface area contributed by atoms with Crippen LogP contribution in [0.3, 0.4) is 0 Å². The molecule has 0 saturated carbocycles. The van der Waals surface area contributed by atoms with Crippen LogP contribution in [-0.4, -0.2) is 21.1 Å². The van der Waals surface area contributed by atoms with Gasteiger partial charge in [0.2, 0.25) is 0 Å². The second-order valence-corrected chi connectivity index (χ2v) is 4.08. The molecule has 1 heterocycles. The van der Waals surface area contributed by atoms with Gasteiger partial charge in [0.25, 0.3) is 5.91 Å². The van der Waals surface area contributed by atoms with Crippen LogP contribution in [0.2, 0.25) is 0 Å². The fourth-order valence-electron chi connectivity index (χ4n) is 1.30. The number of hydrogen-bond donors (Lipinski definition) is 3. The van der Waals surface area contributed by atoms with Crippen molar-refractivity contribution in [2.24, 2.45) is 0 Å². The highest BCUT2D eigenvalue weighted by Gasteiger charge is 2.11. The van der Waals surface area contributed by atoms with Crippen LogP contribution < -0.4 is 5.32 Å². The molecule has 1 amide bonds. The Morgan fingerprint density at radius 3 is 2.94 bits per heavy atom. The van der Waals surface area contributed by atoms with Crippen molar-refractivity contribution in [2.75, 3.05) is 0 Å². The third kappa shape index (κ3) is 2.73. The highest BCUT2D eigenvalue weighted by molar-refractivity contribution is 7.07. The molecule has 0 unspecified atom stereocenters. The van der Waals surface area contributed by atoms with E-state index in [0.29, 0.717) is 0 Å². The van der Waals surface area contributed by atoms with Crippen molar-refractivity contribution in [3.05, 3.63) is 40.3 Å². The number of benzene rings is 1. The summed E-state index contributed by atoms with van der Waals surface area (Å²) in [6, 6.07) is 3.80. The largest absolute Gasteiger partial charge is 0.508 e. The maximum absolute atomic E-state index is 11.7. The van der Waals surface area contributed by atoms with Gasteiger partial charge in [-0.1, -0.05) is 0 Å². The Balaban J connectivity index is 2.07. The molecule has 0 saturated heterocycles. The van der Waals surface area contributed by atoms with Crippen molar-refractivity contribution in [1.82, 2.24) is 10.3 Å². The Kier molecular flexibility index (Phi) is 3.24. The van der Waals surface area contributed by atoms with Gasteiger partial charge in [0.1, 0.15) is 11.5 Å². The van der Waals surface area contributed by atoms with Crippen molar-refractivity contribution in [3.63, 3.8) is 0 Å². The lowest BCUT2D eigenvalue weighted by Crippen LogP contribution is -2.22. The molecule has 1 aromatic carbocycles. The summed E-state index contributed by atoms with van der Waals surface area (Å²) in [6.45, 7) is 0.289. The Bertz CT molecular complexity index is 526. The highest BCUT2D eigenvalue weighted by atomic mass is 32.1. The molecule has 17 heavy (non-hydrogen) atoms. The molecule has 0 radical (unpaired) electrons. The Labute approximate surface area is 101 Å². The van der Waals surface area contributed by atoms with E-state index in [-0.39, 0.29) is 23.6 Å². The lowest BCUT2D eigenvalue weighted by atomic mass is 10.2. The SMILES string of the molecule is O=C(NCc1cscn1)c1cc(O)ccc1O. The van der Waals surface area contributed by atoms with Crippen LogP contribution in [0.1, 0.15) is 16.1 Å². The van der Waals surface area contributed by atoms with E-state index < -0.39 is 5.91 Å². The van der Waals surface area contributed by atoms with E-state index in [1.54, 1.807) is 5.51 Å². The van der Waals surface area contributed by atoms with Crippen LogP contribution in [0.5, 0.6) is 11.5 Å². The minimum Gasteiger partial charge on any atom is -0.508 e. The molecule has 0 bridgehead atoms. The van der Waals surface area contributed by atoms with Gasteiger partial charge in [-0.05, 0) is 18.2 Å². The van der Waals surface area contributed by atoms with E-state index >= 15 is 0 Å². The number of carbonyl (C=O) groups is 1. The monoisotopic (exact) mass is 250 g/mol. The molecule has 0 aliphatic carbocycles. The van der Waals surface area contributed by atoms with Crippen LogP contribution in [-0.2, 0) is 6.54 Å². The van der Waals surface area contributed by atoms with Crippen LogP contribution in [0.15, 0.2) is 29.1 Å². The summed E-state index contributed by atoms with van der Waals surface area (Å²) in [4.78, 5) is 15.7. The second-order valence-electron chi connectivity index (χ2n) is 3.36. The van der Waals surface area contributed by atoms with Crippen molar-refractivity contribution in [1.29, 1.82) is 0 Å². The number of carbonyl (C=O) groups excluding carboxylic acids is 1. The van der Waals surface area contributed by atoms with Crippen LogP contribution >= 0.6 is 11.3 Å². The molecular weight excluding hydrogens is 240 g/mol. The minimum absolute atomic E-state index is 0.0419. The zero-order valence-corrected chi connectivity index (χ0v) is 9.57. The summed E-state index contributed by atoms with van der Waals surface area (Å²) >= 11 is 1.44. The van der Waals surface area contributed by atoms with Gasteiger partial charge >= 0.3 is 0 Å². The zero-order valence-electron chi connectivity index (χ0n) is 8.75. The smallest absolute Gasteiger partial charge is 0.255 e. The van der Waals surface area contributed by atoms with E-state index in [0.717, 1.165) is 5.69 Å². The number of amides is 1. The molecule has 0 atom stereocenters. The third-order valence-corrected chi connectivity index (χ3v) is 2.77. The first-order valence-electron chi connectivity index (χ1n) is 4.84. The summed E-state index contributed by atoms with van der Waals surface area (Å²) in [5.41, 5.74) is 2.47. The lowest BCUT2D eigenvalue weighted by Gasteiger charge is -2.05. The Morgan fingerprint density at radius 2 is 2.24 bits per heavy atom. The molecule has 1 aromatic heterocycles. The van der Waals surface area contributed by atoms with Gasteiger partial charge in [-0.2, -0.15) is 0 Å². The number of rotatable bonds is 3. The fourth-order valence-corrected chi connectivity index (χ4v) is 1.86. The predicted octanol–water partition coefficient (Wildman–Crippen LogP) is 1.48. The predicted molar refractivity (Wildman–Crippen MR) is 63.1 cm³/mol. The molecule has 3 N–H and O–H groups in total. The molecule has 0 fully saturated rings. The van der Waals surface area contributed by atoms with Gasteiger partial charge in [0.05, 0.1) is 23.3 Å². The summed E-state index contributed by atoms with van der Waals surface area (Å²) in [7, 11) is 0. The molecule has 5 nitrogen and oxygen atoms in total. The van der Waals surface area contributed by atoms with Crippen molar-refractivity contribution in [3.8, 4) is 11.5 Å². The maximum atomic E-state index is 11.7. The first kappa shape index (κ1) is 11.4. The first-order valence-corrected chi connectivity index (χ1v) is 5.78. The van der Waals surface area contributed by atoms with E-state index in [2.05, 4.69) is 10.3 Å². The number of aromatic hydroxyl groups is 2. The van der Waals surface area contributed by atoms with E-state index in [4.69, 9.17) is 0 Å². The summed E-state index contributed by atoms with van der Waals surface area (Å²) < 4.78 is 0. The van der Waals surface area contributed by atoms with E-state index in [1.165, 1.54) is 29.5 Å². The number of nitrogens with one attached hydrogen (secondary N) is 1. The van der Waals surface area contributed by atoms with Gasteiger partial charge in [0.15, 0.2) is 0 Å². The number of thiazole rings is 1. The highest BCUT2D eigenvalue weighted by Crippen LogP contribution is 2.21. The van der Waals surface area contributed by atoms with Crippen LogP contribution in [0.25, 0.3) is 0 Å². The average Bonchev–Trinajstić information content (AvgIpc) is 2.82. The summed E-state index contributed by atoms with van der Waals surface area (Å²) in [5, 5.41) is 23.1. The second kappa shape index (κ2) is 4.84. The summed E-state index contributed by atoms with van der Waals surface area (Å²) in [5.74, 6) is -0.688. The number of phenols is 2. The van der Waals surface area contributed by atoms with Gasteiger partial charge < -0.3 is 15.5 Å². The van der Waals surface area contributed by atoms with Crippen LogP contribution in [0, 0.1) is 0 Å². The standard InChI is InChI=1S/C11H10N2O3S/c14-8-1-2-10(15)9(3-8)11(16)12-4-7-5-17-6-13-7/h1-3,5-6,14-15H,4H2,(H,12,16). The van der Waals surface area contributed by atoms with Crippen LogP contribution in [0.4, 0.5) is 0 Å². The quantitative estimate of drug-likeness (QED) is 0.721. The summed E-state index contributed by atoms with van der Waals surface area (Å²) in [6.07, 6.45) is 0. The molecule has 2 aromatic rings. The number of aromatic nitrogens is 1. The van der Waals surface area contributed by atoms with E-state index in [9.17, 15) is 15.0 Å². The van der Waals surface area contributed by atoms with Gasteiger partial charge in [-0.3, -0.25) is 4.79 Å². The number of nitrogens with zero attached hydrogens (tertiary/aromatic N) is 1. The molecule has 88 valence electrons. The molecule has 2 rings (SSSR count). The lowest BCUT2D eigenvalue weighted by molar-refractivity contribution is 0.0947. The molecule has 0 spiro atoms. The van der Waals surface area contributed by atoms with E-state index in [1.807, 2.05) is 5.38 Å². The minimum atomic E-state index is -0.452. The molecular formula is C11H10N2O3S. The van der Waals surface area contributed by atoms with Crippen molar-refractivity contribution >= 4 is 17.2 Å². The van der Waals surface area contributed by atoms with Gasteiger partial charge in [-0.25, -0.2) is 4.98 Å². The third-order valence-electron chi connectivity index (χ3n) is 2.14. The molecule has 0 aliphatic rings. The average molecular weight is 250 g/mol. The Morgan fingerprint density at radius 1 is 1.41 bits per heavy atom. The topological polar surface area (TPSA) is 82.5 Å². The molecule has 0 aliphatic heterocycles. The molecule has 6 heteroatoms. The van der Waals surface area contributed by atoms with Gasteiger partial charge in [0, 0.05) is 5.38 Å². The first-order chi connectivity index (χ1) is 8.16. The number of phenolic OH excluding ortho intramolecular Hbond substituents is 2.